The molecule has 0 bridgehead atoms. The van der Waals surface area contributed by atoms with Crippen LogP contribution in [0.15, 0.2) is 91.3 Å². The van der Waals surface area contributed by atoms with E-state index in [1.54, 1.807) is 16.8 Å². The Bertz CT molecular complexity index is 1070. The number of tetrazole rings is 1. The van der Waals surface area contributed by atoms with E-state index < -0.39 is 0 Å². The summed E-state index contributed by atoms with van der Waals surface area (Å²) in [6.07, 6.45) is 2.31. The molecule has 1 amide bonds. The van der Waals surface area contributed by atoms with Gasteiger partial charge in [-0.2, -0.15) is 0 Å². The largest absolute Gasteiger partial charge is 0.484 e. The maximum atomic E-state index is 13.0. The molecule has 0 saturated heterocycles. The van der Waals surface area contributed by atoms with E-state index in [4.69, 9.17) is 4.74 Å². The van der Waals surface area contributed by atoms with E-state index >= 15 is 0 Å². The number of nitrogens with zero attached hydrogens (tertiary/aromatic N) is 5. The van der Waals surface area contributed by atoms with Gasteiger partial charge in [-0.25, -0.2) is 4.68 Å². The van der Waals surface area contributed by atoms with E-state index in [9.17, 15) is 4.79 Å². The van der Waals surface area contributed by atoms with Gasteiger partial charge < -0.3 is 9.64 Å². The Morgan fingerprint density at radius 2 is 1.55 bits per heavy atom. The van der Waals surface area contributed by atoms with Crippen molar-refractivity contribution in [2.24, 2.45) is 0 Å². The minimum Gasteiger partial charge on any atom is -0.484 e. The fourth-order valence-electron chi connectivity index (χ4n) is 3.22. The highest BCUT2D eigenvalue weighted by atomic mass is 16.5. The molecule has 4 rings (SSSR count). The highest BCUT2D eigenvalue weighted by molar-refractivity contribution is 5.77. The SMILES string of the molecule is O=C(COc1ccc(-n2cnnn2)cc1)N(CCc1ccccc1)Cc1ccccc1. The standard InChI is InChI=1S/C24H23N5O2/c30-24(18-31-23-13-11-22(12-14-23)29-19-25-26-27-29)28(17-21-9-5-2-6-10-21)16-15-20-7-3-1-4-8-20/h1-14,19H,15-18H2. The second-order valence-corrected chi connectivity index (χ2v) is 7.07. The van der Waals surface area contributed by atoms with Crippen LogP contribution in [0.2, 0.25) is 0 Å². The molecule has 7 heteroatoms. The summed E-state index contributed by atoms with van der Waals surface area (Å²) in [5.74, 6) is 0.567. The molecule has 31 heavy (non-hydrogen) atoms. The quantitative estimate of drug-likeness (QED) is 0.421. The summed E-state index contributed by atoms with van der Waals surface area (Å²) in [5, 5.41) is 11.1. The first kappa shape index (κ1) is 20.3. The van der Waals surface area contributed by atoms with Crippen molar-refractivity contribution in [3.05, 3.63) is 102 Å². The summed E-state index contributed by atoms with van der Waals surface area (Å²) in [4.78, 5) is 14.8. The van der Waals surface area contributed by atoms with Gasteiger partial charge in [-0.05, 0) is 52.2 Å². The average molecular weight is 413 g/mol. The van der Waals surface area contributed by atoms with Crippen LogP contribution in [-0.2, 0) is 17.8 Å². The fraction of sp³-hybridized carbons (Fsp3) is 0.167. The third-order valence-electron chi connectivity index (χ3n) is 4.89. The second-order valence-electron chi connectivity index (χ2n) is 7.07. The number of ether oxygens (including phenoxy) is 1. The van der Waals surface area contributed by atoms with Crippen LogP contribution in [0, 0.1) is 0 Å². The first-order chi connectivity index (χ1) is 15.3. The predicted octanol–water partition coefficient (Wildman–Crippen LogP) is 3.31. The van der Waals surface area contributed by atoms with Gasteiger partial charge in [-0.15, -0.1) is 5.10 Å². The van der Waals surface area contributed by atoms with Crippen LogP contribution in [0.25, 0.3) is 5.69 Å². The van der Waals surface area contributed by atoms with Gasteiger partial charge in [0.2, 0.25) is 0 Å². The molecule has 3 aromatic carbocycles. The van der Waals surface area contributed by atoms with Crippen molar-refractivity contribution < 1.29 is 9.53 Å². The summed E-state index contributed by atoms with van der Waals surface area (Å²) in [6.45, 7) is 1.15. The van der Waals surface area contributed by atoms with Gasteiger partial charge in [0.05, 0.1) is 5.69 Å². The lowest BCUT2D eigenvalue weighted by molar-refractivity contribution is -0.134. The number of carbonyl (C=O) groups is 1. The highest BCUT2D eigenvalue weighted by Gasteiger charge is 2.15. The molecule has 0 aliphatic heterocycles. The van der Waals surface area contributed by atoms with E-state index in [1.165, 1.54) is 11.9 Å². The average Bonchev–Trinajstić information content (AvgIpc) is 3.37. The molecule has 1 aromatic heterocycles. The lowest BCUT2D eigenvalue weighted by Crippen LogP contribution is -2.36. The van der Waals surface area contributed by atoms with Crippen molar-refractivity contribution in [2.75, 3.05) is 13.2 Å². The third-order valence-corrected chi connectivity index (χ3v) is 4.89. The number of benzene rings is 3. The Balaban J connectivity index is 1.38. The molecule has 0 radical (unpaired) electrons. The van der Waals surface area contributed by atoms with Gasteiger partial charge in [-0.3, -0.25) is 4.79 Å². The zero-order chi connectivity index (χ0) is 21.3. The molecule has 0 aliphatic carbocycles. The molecular weight excluding hydrogens is 390 g/mol. The number of hydrogen-bond donors (Lipinski definition) is 0. The van der Waals surface area contributed by atoms with Crippen LogP contribution in [-0.4, -0.2) is 44.2 Å². The number of carbonyl (C=O) groups excluding carboxylic acids is 1. The van der Waals surface area contributed by atoms with Gasteiger partial charge in [0.25, 0.3) is 5.91 Å². The summed E-state index contributed by atoms with van der Waals surface area (Å²) in [5.41, 5.74) is 3.11. The Hall–Kier alpha value is -4.00. The molecular formula is C24H23N5O2. The summed E-state index contributed by atoms with van der Waals surface area (Å²) >= 11 is 0. The Morgan fingerprint density at radius 1 is 0.871 bits per heavy atom. The molecule has 0 aliphatic rings. The van der Waals surface area contributed by atoms with Crippen LogP contribution < -0.4 is 4.74 Å². The molecule has 0 N–H and O–H groups in total. The number of hydrogen-bond acceptors (Lipinski definition) is 5. The topological polar surface area (TPSA) is 73.1 Å². The van der Waals surface area contributed by atoms with E-state index in [1.807, 2.05) is 65.6 Å². The summed E-state index contributed by atoms with van der Waals surface area (Å²) < 4.78 is 7.31. The maximum absolute atomic E-state index is 13.0. The highest BCUT2D eigenvalue weighted by Crippen LogP contribution is 2.15. The predicted molar refractivity (Wildman–Crippen MR) is 117 cm³/mol. The van der Waals surface area contributed by atoms with E-state index in [2.05, 4.69) is 27.7 Å². The van der Waals surface area contributed by atoms with Crippen molar-refractivity contribution in [1.29, 1.82) is 0 Å². The molecule has 4 aromatic rings. The van der Waals surface area contributed by atoms with Crippen molar-refractivity contribution in [1.82, 2.24) is 25.1 Å². The van der Waals surface area contributed by atoms with E-state index in [-0.39, 0.29) is 12.5 Å². The second kappa shape index (κ2) is 10.2. The zero-order valence-electron chi connectivity index (χ0n) is 17.0. The molecule has 0 fully saturated rings. The van der Waals surface area contributed by atoms with Crippen molar-refractivity contribution >= 4 is 5.91 Å². The third kappa shape index (κ3) is 5.76. The van der Waals surface area contributed by atoms with E-state index in [0.29, 0.717) is 18.8 Å². The first-order valence-electron chi connectivity index (χ1n) is 10.1. The lowest BCUT2D eigenvalue weighted by atomic mass is 10.1. The van der Waals surface area contributed by atoms with E-state index in [0.717, 1.165) is 17.7 Å². The molecule has 0 unspecified atom stereocenters. The molecule has 1 heterocycles. The summed E-state index contributed by atoms with van der Waals surface area (Å²) in [6, 6.07) is 27.5. The van der Waals surface area contributed by atoms with Gasteiger partial charge >= 0.3 is 0 Å². The van der Waals surface area contributed by atoms with Gasteiger partial charge in [0.1, 0.15) is 12.1 Å². The number of rotatable bonds is 9. The van der Waals surface area contributed by atoms with Crippen LogP contribution in [0.5, 0.6) is 5.75 Å². The Morgan fingerprint density at radius 3 is 2.19 bits per heavy atom. The van der Waals surface area contributed by atoms with Gasteiger partial charge in [0, 0.05) is 13.1 Å². The monoisotopic (exact) mass is 413 g/mol. The number of amides is 1. The molecule has 0 spiro atoms. The molecule has 156 valence electrons. The van der Waals surface area contributed by atoms with Crippen LogP contribution in [0.1, 0.15) is 11.1 Å². The van der Waals surface area contributed by atoms with Crippen molar-refractivity contribution in [3.8, 4) is 11.4 Å². The minimum atomic E-state index is -0.0515. The lowest BCUT2D eigenvalue weighted by Gasteiger charge is -2.23. The van der Waals surface area contributed by atoms with Crippen molar-refractivity contribution in [2.45, 2.75) is 13.0 Å². The van der Waals surface area contributed by atoms with Crippen LogP contribution in [0.4, 0.5) is 0 Å². The van der Waals surface area contributed by atoms with Gasteiger partial charge in [0.15, 0.2) is 6.61 Å². The van der Waals surface area contributed by atoms with Crippen LogP contribution >= 0.6 is 0 Å². The zero-order valence-corrected chi connectivity index (χ0v) is 17.0. The normalized spacial score (nSPS) is 10.6. The van der Waals surface area contributed by atoms with Crippen molar-refractivity contribution in [3.63, 3.8) is 0 Å². The first-order valence-corrected chi connectivity index (χ1v) is 10.1. The summed E-state index contributed by atoms with van der Waals surface area (Å²) in [7, 11) is 0. The Kier molecular flexibility index (Phi) is 6.64. The minimum absolute atomic E-state index is 0.0220. The Labute approximate surface area is 180 Å². The fourth-order valence-corrected chi connectivity index (χ4v) is 3.22. The van der Waals surface area contributed by atoms with Gasteiger partial charge in [-0.1, -0.05) is 60.7 Å². The molecule has 0 atom stereocenters. The molecule has 7 nitrogen and oxygen atoms in total. The number of aromatic nitrogens is 4. The van der Waals surface area contributed by atoms with Crippen LogP contribution in [0.3, 0.4) is 0 Å². The maximum Gasteiger partial charge on any atom is 0.260 e. The smallest absolute Gasteiger partial charge is 0.260 e. The molecule has 0 saturated carbocycles.